The van der Waals surface area contributed by atoms with Crippen molar-refractivity contribution in [1.82, 2.24) is 19.4 Å². The first kappa shape index (κ1) is 19.9. The number of benzene rings is 1. The van der Waals surface area contributed by atoms with Gasteiger partial charge in [0.1, 0.15) is 6.54 Å². The molecule has 1 fully saturated rings. The first-order valence-electron chi connectivity index (χ1n) is 9.26. The second kappa shape index (κ2) is 8.93. The van der Waals surface area contributed by atoms with E-state index in [-0.39, 0.29) is 24.1 Å². The van der Waals surface area contributed by atoms with Crippen molar-refractivity contribution in [3.8, 4) is 0 Å². The van der Waals surface area contributed by atoms with Crippen LogP contribution >= 0.6 is 23.1 Å². The number of para-hydroxylation sites is 2. The lowest BCUT2D eigenvalue weighted by molar-refractivity contribution is -0.135. The van der Waals surface area contributed by atoms with Crippen molar-refractivity contribution in [2.75, 3.05) is 37.4 Å². The van der Waals surface area contributed by atoms with E-state index in [1.807, 2.05) is 46.0 Å². The number of hydrogen-bond donors (Lipinski definition) is 1. The van der Waals surface area contributed by atoms with E-state index < -0.39 is 0 Å². The van der Waals surface area contributed by atoms with Crippen LogP contribution in [0, 0.1) is 6.92 Å². The number of imidazole rings is 1. The first-order chi connectivity index (χ1) is 14.1. The van der Waals surface area contributed by atoms with Crippen LogP contribution < -0.4 is 5.32 Å². The average Bonchev–Trinajstić information content (AvgIpc) is 3.30. The Morgan fingerprint density at radius 3 is 2.79 bits per heavy atom. The Kier molecular flexibility index (Phi) is 6.12. The Morgan fingerprint density at radius 1 is 1.24 bits per heavy atom. The molecule has 0 spiro atoms. The van der Waals surface area contributed by atoms with Gasteiger partial charge in [-0.05, 0) is 19.1 Å². The highest BCUT2D eigenvalue weighted by Crippen LogP contribution is 2.25. The monoisotopic (exact) mass is 431 g/mol. The van der Waals surface area contributed by atoms with Gasteiger partial charge in [0.2, 0.25) is 11.8 Å². The number of fused-ring (bicyclic) bond motifs is 1. The number of thioether (sulfide) groups is 1. The number of morpholine rings is 1. The van der Waals surface area contributed by atoms with Crippen molar-refractivity contribution >= 4 is 51.1 Å². The molecule has 1 aliphatic rings. The lowest BCUT2D eigenvalue weighted by Crippen LogP contribution is -2.42. The summed E-state index contributed by atoms with van der Waals surface area (Å²) in [5, 5.41) is 5.93. The first-order valence-corrected chi connectivity index (χ1v) is 11.1. The van der Waals surface area contributed by atoms with E-state index in [1.165, 1.54) is 23.1 Å². The number of carbonyl (C=O) groups is 2. The van der Waals surface area contributed by atoms with Gasteiger partial charge in [-0.2, -0.15) is 0 Å². The van der Waals surface area contributed by atoms with Crippen LogP contribution in [0.15, 0.2) is 34.8 Å². The number of nitrogens with one attached hydrogen (secondary N) is 1. The van der Waals surface area contributed by atoms with Crippen molar-refractivity contribution < 1.29 is 14.3 Å². The maximum atomic E-state index is 12.8. The zero-order chi connectivity index (χ0) is 20.2. The molecule has 0 saturated carbocycles. The second-order valence-electron chi connectivity index (χ2n) is 6.59. The second-order valence-corrected chi connectivity index (χ2v) is 8.39. The molecule has 4 rings (SSSR count). The summed E-state index contributed by atoms with van der Waals surface area (Å²) < 4.78 is 7.22. The molecule has 2 aromatic heterocycles. The highest BCUT2D eigenvalue weighted by molar-refractivity contribution is 7.99. The molecular formula is C19H21N5O3S2. The number of amides is 2. The smallest absolute Gasteiger partial charge is 0.242 e. The summed E-state index contributed by atoms with van der Waals surface area (Å²) in [6, 6.07) is 7.69. The summed E-state index contributed by atoms with van der Waals surface area (Å²) in [5.41, 5.74) is 2.56. The number of hydrogen-bond acceptors (Lipinski definition) is 7. The molecule has 3 aromatic rings. The number of thiazole rings is 1. The molecule has 0 unspecified atom stereocenters. The van der Waals surface area contributed by atoms with E-state index in [1.54, 1.807) is 0 Å². The van der Waals surface area contributed by atoms with Crippen molar-refractivity contribution in [2.24, 2.45) is 0 Å². The van der Waals surface area contributed by atoms with Crippen LogP contribution in [-0.2, 0) is 20.9 Å². The number of aryl methyl sites for hydroxylation is 1. The van der Waals surface area contributed by atoms with Gasteiger partial charge in [0.05, 0.1) is 35.7 Å². The molecule has 1 aromatic carbocycles. The van der Waals surface area contributed by atoms with Gasteiger partial charge in [-0.25, -0.2) is 9.97 Å². The molecule has 29 heavy (non-hydrogen) atoms. The molecule has 0 bridgehead atoms. The van der Waals surface area contributed by atoms with Crippen LogP contribution in [0.25, 0.3) is 11.0 Å². The lowest BCUT2D eigenvalue weighted by Gasteiger charge is -2.27. The molecule has 1 aliphatic heterocycles. The molecule has 152 valence electrons. The van der Waals surface area contributed by atoms with Crippen molar-refractivity contribution in [1.29, 1.82) is 0 Å². The lowest BCUT2D eigenvalue weighted by atomic mass is 10.3. The summed E-state index contributed by atoms with van der Waals surface area (Å²) in [5.74, 6) is 0.0664. The highest BCUT2D eigenvalue weighted by Gasteiger charge is 2.21. The zero-order valence-electron chi connectivity index (χ0n) is 16.0. The fourth-order valence-corrected chi connectivity index (χ4v) is 4.58. The number of rotatable bonds is 6. The molecular weight excluding hydrogens is 410 g/mol. The van der Waals surface area contributed by atoms with E-state index in [0.29, 0.717) is 36.6 Å². The van der Waals surface area contributed by atoms with Crippen molar-refractivity contribution in [3.63, 3.8) is 0 Å². The van der Waals surface area contributed by atoms with E-state index >= 15 is 0 Å². The molecule has 0 aliphatic carbocycles. The van der Waals surface area contributed by atoms with Crippen molar-refractivity contribution in [2.45, 2.75) is 18.6 Å². The largest absolute Gasteiger partial charge is 0.378 e. The van der Waals surface area contributed by atoms with E-state index in [4.69, 9.17) is 4.74 Å². The molecule has 0 atom stereocenters. The topological polar surface area (TPSA) is 89.4 Å². The van der Waals surface area contributed by atoms with Gasteiger partial charge in [0.15, 0.2) is 10.3 Å². The summed E-state index contributed by atoms with van der Waals surface area (Å²) in [7, 11) is 0. The molecule has 2 amide bonds. The predicted molar refractivity (Wildman–Crippen MR) is 113 cm³/mol. The van der Waals surface area contributed by atoms with Gasteiger partial charge in [-0.1, -0.05) is 23.9 Å². The fraction of sp³-hybridized carbons (Fsp3) is 0.368. The summed E-state index contributed by atoms with van der Waals surface area (Å²) >= 11 is 2.71. The van der Waals surface area contributed by atoms with E-state index in [9.17, 15) is 9.59 Å². The van der Waals surface area contributed by atoms with Gasteiger partial charge >= 0.3 is 0 Å². The molecule has 1 saturated heterocycles. The molecule has 0 radical (unpaired) electrons. The Balaban J connectivity index is 1.48. The third kappa shape index (κ3) is 4.77. The minimum Gasteiger partial charge on any atom is -0.378 e. The number of anilines is 1. The summed E-state index contributed by atoms with van der Waals surface area (Å²) in [4.78, 5) is 35.8. The minimum atomic E-state index is -0.150. The van der Waals surface area contributed by atoms with Crippen LogP contribution in [0.1, 0.15) is 5.69 Å². The van der Waals surface area contributed by atoms with Crippen molar-refractivity contribution in [3.05, 3.63) is 35.3 Å². The average molecular weight is 432 g/mol. The third-order valence-electron chi connectivity index (χ3n) is 4.47. The number of carbonyl (C=O) groups excluding carboxylic acids is 2. The molecule has 1 N–H and O–H groups in total. The number of aromatic nitrogens is 3. The summed E-state index contributed by atoms with van der Waals surface area (Å²) in [6.45, 7) is 4.40. The third-order valence-corrected chi connectivity index (χ3v) is 6.33. The zero-order valence-corrected chi connectivity index (χ0v) is 17.6. The van der Waals surface area contributed by atoms with Gasteiger partial charge in [-0.3, -0.25) is 9.59 Å². The number of ether oxygens (including phenoxy) is 1. The Hall–Kier alpha value is -2.43. The van der Waals surface area contributed by atoms with Crippen LogP contribution in [0.4, 0.5) is 5.13 Å². The normalized spacial score (nSPS) is 14.3. The standard InChI is InChI=1S/C19H21N5O3S2/c1-13-11-28-18(20-13)22-16(25)12-29-19-21-14-4-2-3-5-15(14)24(19)10-17(26)23-6-8-27-9-7-23/h2-5,11H,6-10,12H2,1H3,(H,20,22,25). The minimum absolute atomic E-state index is 0.0287. The van der Waals surface area contributed by atoms with Crippen LogP contribution in [-0.4, -0.2) is 63.3 Å². The van der Waals surface area contributed by atoms with Gasteiger partial charge in [0, 0.05) is 18.5 Å². The molecule has 8 nitrogen and oxygen atoms in total. The maximum Gasteiger partial charge on any atom is 0.242 e. The van der Waals surface area contributed by atoms with Crippen LogP contribution in [0.2, 0.25) is 0 Å². The van der Waals surface area contributed by atoms with Crippen LogP contribution in [0.3, 0.4) is 0 Å². The quantitative estimate of drug-likeness (QED) is 0.603. The molecule has 10 heteroatoms. The molecule has 3 heterocycles. The Bertz CT molecular complexity index is 1030. The predicted octanol–water partition coefficient (Wildman–Crippen LogP) is 2.39. The number of nitrogens with zero attached hydrogens (tertiary/aromatic N) is 4. The van der Waals surface area contributed by atoms with Gasteiger partial charge < -0.3 is 19.5 Å². The van der Waals surface area contributed by atoms with Crippen LogP contribution in [0.5, 0.6) is 0 Å². The van der Waals surface area contributed by atoms with E-state index in [0.717, 1.165) is 16.7 Å². The van der Waals surface area contributed by atoms with Gasteiger partial charge in [0.25, 0.3) is 0 Å². The highest BCUT2D eigenvalue weighted by atomic mass is 32.2. The van der Waals surface area contributed by atoms with E-state index in [2.05, 4.69) is 15.3 Å². The van der Waals surface area contributed by atoms with Gasteiger partial charge in [-0.15, -0.1) is 11.3 Å². The maximum absolute atomic E-state index is 12.8. The Morgan fingerprint density at radius 2 is 2.03 bits per heavy atom. The fourth-order valence-electron chi connectivity index (χ4n) is 3.06. The SMILES string of the molecule is Cc1csc(NC(=O)CSc2nc3ccccc3n2CC(=O)N2CCOCC2)n1. The summed E-state index contributed by atoms with van der Waals surface area (Å²) in [6.07, 6.45) is 0. The Labute approximate surface area is 176 Å².